The summed E-state index contributed by atoms with van der Waals surface area (Å²) < 4.78 is 40.5. The fraction of sp³-hybridized carbons (Fsp3) is 0.600. The number of para-hydroxylation sites is 2. The molecule has 6 atom stereocenters. The minimum atomic E-state index is -3.89. The van der Waals surface area contributed by atoms with Crippen molar-refractivity contribution in [2.24, 2.45) is 11.8 Å². The molecule has 2 aromatic rings. The van der Waals surface area contributed by atoms with Gasteiger partial charge in [-0.15, -0.1) is 6.58 Å². The number of nitrogens with zero attached hydrogens (tertiary/aromatic N) is 4. The monoisotopic (exact) mass is 789 g/mol. The van der Waals surface area contributed by atoms with Gasteiger partial charge in [-0.1, -0.05) is 37.1 Å². The van der Waals surface area contributed by atoms with Gasteiger partial charge >= 0.3 is 6.03 Å². The molecule has 4 bridgehead atoms. The Morgan fingerprint density at radius 3 is 2.48 bits per heavy atom. The van der Waals surface area contributed by atoms with Gasteiger partial charge in [0.05, 0.1) is 28.9 Å². The Labute approximate surface area is 327 Å². The first-order chi connectivity index (χ1) is 27.0. The Morgan fingerprint density at radius 1 is 0.982 bits per heavy atom. The SMILES string of the molecule is C=CC1C[C@]1(NC(=O)[C@@H]1C[C@@H]2CN1C(=O)[C@H](C1CCCC1)NC(=O)N1CCC[C@@H](C1)OCCC/C=C/c1nc3ccccc3nc1O2)C(=O)NS(=O)(=O)C1CC1. The van der Waals surface area contributed by atoms with Crippen LogP contribution in [0.3, 0.4) is 0 Å². The fourth-order valence-corrected chi connectivity index (χ4v) is 10.1. The topological polar surface area (TPSA) is 189 Å². The zero-order valence-corrected chi connectivity index (χ0v) is 32.4. The average molecular weight is 790 g/mol. The summed E-state index contributed by atoms with van der Waals surface area (Å²) in [6, 6.07) is 5.11. The lowest BCUT2D eigenvalue weighted by molar-refractivity contribution is -0.142. The molecule has 3 aliphatic heterocycles. The molecule has 2 saturated heterocycles. The predicted octanol–water partition coefficient (Wildman–Crippen LogP) is 3.20. The van der Waals surface area contributed by atoms with E-state index in [-0.39, 0.29) is 43.3 Å². The predicted molar refractivity (Wildman–Crippen MR) is 206 cm³/mol. The van der Waals surface area contributed by atoms with Gasteiger partial charge in [-0.25, -0.2) is 23.2 Å². The number of hydrogen-bond acceptors (Lipinski definition) is 10. The van der Waals surface area contributed by atoms with Crippen LogP contribution in [-0.2, 0) is 29.1 Å². The van der Waals surface area contributed by atoms with E-state index in [1.165, 1.54) is 11.0 Å². The first kappa shape index (κ1) is 38.3. The van der Waals surface area contributed by atoms with Gasteiger partial charge in [-0.2, -0.15) is 0 Å². The number of benzene rings is 1. The number of amides is 5. The molecule has 1 aromatic carbocycles. The highest BCUT2D eigenvalue weighted by atomic mass is 32.2. The smallest absolute Gasteiger partial charge is 0.318 e. The van der Waals surface area contributed by atoms with Crippen LogP contribution in [0.2, 0.25) is 0 Å². The molecule has 8 rings (SSSR count). The molecule has 1 unspecified atom stereocenters. The van der Waals surface area contributed by atoms with Crippen molar-refractivity contribution in [1.29, 1.82) is 0 Å². The third kappa shape index (κ3) is 7.99. The molecule has 3 N–H and O–H groups in total. The van der Waals surface area contributed by atoms with Crippen molar-refractivity contribution < 1.29 is 37.1 Å². The standard InChI is InChI=1S/C40H51N7O8S/c1-2-26-22-40(26,38(50)45-56(52,53)29-17-18-29)44-35(48)33-21-28-24-47(33)37(49)34(25-11-5-6-12-25)43-39(51)46-19-10-13-27(23-46)54-20-9-3-4-16-32-36(55-28)42-31-15-8-7-14-30(31)41-32/h2,4,7-8,14-16,25-29,33-34H,1,3,5-6,9-13,17-24H2,(H,43,51)(H,44,48)(H,45,50)/b16-4+/t26?,27-,28+,33-,34-,40+/m0/s1. The Kier molecular flexibility index (Phi) is 10.8. The number of sulfonamides is 1. The van der Waals surface area contributed by atoms with Crippen LogP contribution in [0.5, 0.6) is 5.88 Å². The normalized spacial score (nSPS) is 30.9. The number of carbonyl (C=O) groups excluding carboxylic acids is 4. The molecule has 300 valence electrons. The number of urea groups is 1. The van der Waals surface area contributed by atoms with E-state index < -0.39 is 62.6 Å². The molecule has 16 heteroatoms. The Morgan fingerprint density at radius 2 is 1.75 bits per heavy atom. The van der Waals surface area contributed by atoms with Crippen LogP contribution in [-0.4, -0.2) is 113 Å². The van der Waals surface area contributed by atoms with Crippen LogP contribution >= 0.6 is 0 Å². The Balaban J connectivity index is 1.13. The Bertz CT molecular complexity index is 2020. The van der Waals surface area contributed by atoms with Gasteiger partial charge in [-0.3, -0.25) is 19.1 Å². The third-order valence-electron chi connectivity index (χ3n) is 12.2. The fourth-order valence-electron chi connectivity index (χ4n) is 8.72. The van der Waals surface area contributed by atoms with Crippen LogP contribution in [0.15, 0.2) is 43.0 Å². The maximum Gasteiger partial charge on any atom is 0.318 e. The maximum atomic E-state index is 14.9. The highest BCUT2D eigenvalue weighted by Gasteiger charge is 2.62. The first-order valence-electron chi connectivity index (χ1n) is 20.1. The van der Waals surface area contributed by atoms with Gasteiger partial charge in [-0.05, 0) is 81.9 Å². The minimum absolute atomic E-state index is 0.00738. The van der Waals surface area contributed by atoms with Gasteiger partial charge in [0.1, 0.15) is 29.4 Å². The van der Waals surface area contributed by atoms with Gasteiger partial charge in [0.15, 0.2) is 0 Å². The molecule has 1 aromatic heterocycles. The van der Waals surface area contributed by atoms with Crippen molar-refractivity contribution in [1.82, 2.24) is 35.1 Å². The summed E-state index contributed by atoms with van der Waals surface area (Å²) in [5, 5.41) is 5.31. The van der Waals surface area contributed by atoms with Crippen molar-refractivity contribution in [3.63, 3.8) is 0 Å². The lowest BCUT2D eigenvalue weighted by atomic mass is 9.96. The molecule has 56 heavy (non-hydrogen) atoms. The summed E-state index contributed by atoms with van der Waals surface area (Å²) in [5.41, 5.74) is 0.279. The molecular formula is C40H51N7O8S. The van der Waals surface area contributed by atoms with E-state index in [9.17, 15) is 27.6 Å². The number of nitrogens with one attached hydrogen (secondary N) is 3. The van der Waals surface area contributed by atoms with E-state index in [0.717, 1.165) is 44.9 Å². The lowest BCUT2D eigenvalue weighted by Gasteiger charge is -2.36. The quantitative estimate of drug-likeness (QED) is 0.352. The van der Waals surface area contributed by atoms with Crippen molar-refractivity contribution in [2.75, 3.05) is 26.2 Å². The lowest BCUT2D eigenvalue weighted by Crippen LogP contribution is -2.60. The second kappa shape index (κ2) is 15.8. The molecule has 4 heterocycles. The summed E-state index contributed by atoms with van der Waals surface area (Å²) in [4.78, 5) is 69.7. The molecule has 5 amide bonds. The van der Waals surface area contributed by atoms with Crippen molar-refractivity contribution in [3.8, 4) is 5.88 Å². The van der Waals surface area contributed by atoms with Crippen molar-refractivity contribution >= 4 is 50.9 Å². The van der Waals surface area contributed by atoms with Crippen LogP contribution in [0.25, 0.3) is 17.1 Å². The number of piperidine rings is 1. The van der Waals surface area contributed by atoms with Crippen LogP contribution in [0, 0.1) is 11.8 Å². The summed E-state index contributed by atoms with van der Waals surface area (Å²) in [6.45, 7) is 5.32. The van der Waals surface area contributed by atoms with E-state index in [0.29, 0.717) is 55.7 Å². The molecule has 3 aliphatic carbocycles. The highest BCUT2D eigenvalue weighted by Crippen LogP contribution is 2.45. The molecule has 15 nitrogen and oxygen atoms in total. The zero-order valence-electron chi connectivity index (χ0n) is 31.6. The van der Waals surface area contributed by atoms with Crippen LogP contribution < -0.4 is 20.1 Å². The number of aromatic nitrogens is 2. The van der Waals surface area contributed by atoms with E-state index >= 15 is 0 Å². The summed E-state index contributed by atoms with van der Waals surface area (Å²) in [7, 11) is -3.89. The summed E-state index contributed by atoms with van der Waals surface area (Å²) in [6.07, 6.45) is 12.1. The van der Waals surface area contributed by atoms with Gasteiger partial charge < -0.3 is 29.9 Å². The molecule has 0 spiro atoms. The second-order valence-electron chi connectivity index (χ2n) is 16.2. The Hall–Kier alpha value is -4.57. The van der Waals surface area contributed by atoms with Gasteiger partial charge in [0, 0.05) is 32.0 Å². The number of ether oxygens (including phenoxy) is 2. The first-order valence-corrected chi connectivity index (χ1v) is 21.7. The minimum Gasteiger partial charge on any atom is -0.471 e. The molecular weight excluding hydrogens is 739 g/mol. The molecule has 3 saturated carbocycles. The summed E-state index contributed by atoms with van der Waals surface area (Å²) in [5.74, 6) is -2.23. The largest absolute Gasteiger partial charge is 0.471 e. The third-order valence-corrected chi connectivity index (χ3v) is 14.0. The molecule has 6 aliphatic rings. The maximum absolute atomic E-state index is 14.9. The number of carbonyl (C=O) groups is 4. The number of hydrogen-bond donors (Lipinski definition) is 3. The van der Waals surface area contributed by atoms with E-state index in [1.54, 1.807) is 4.90 Å². The molecule has 5 fully saturated rings. The van der Waals surface area contributed by atoms with E-state index in [4.69, 9.17) is 19.4 Å². The number of allylic oxidation sites excluding steroid dienone is 1. The van der Waals surface area contributed by atoms with E-state index in [1.807, 2.05) is 36.4 Å². The van der Waals surface area contributed by atoms with Crippen LogP contribution in [0.4, 0.5) is 4.79 Å². The van der Waals surface area contributed by atoms with Gasteiger partial charge in [0.2, 0.25) is 27.7 Å². The van der Waals surface area contributed by atoms with Gasteiger partial charge in [0.25, 0.3) is 5.91 Å². The second-order valence-corrected chi connectivity index (χ2v) is 18.1. The average Bonchev–Trinajstić information content (AvgIpc) is 4.07. The summed E-state index contributed by atoms with van der Waals surface area (Å²) >= 11 is 0. The van der Waals surface area contributed by atoms with E-state index in [2.05, 4.69) is 21.9 Å². The van der Waals surface area contributed by atoms with Crippen LogP contribution in [0.1, 0.15) is 82.7 Å². The van der Waals surface area contributed by atoms with Crippen molar-refractivity contribution in [3.05, 3.63) is 48.7 Å². The number of fused-ring (bicyclic) bond motifs is 6. The zero-order chi connectivity index (χ0) is 39.0. The van der Waals surface area contributed by atoms with Crippen molar-refractivity contribution in [2.45, 2.75) is 112 Å². The highest BCUT2D eigenvalue weighted by molar-refractivity contribution is 7.91. The number of rotatable bonds is 7. The molecule has 0 radical (unpaired) electrons.